The highest BCUT2D eigenvalue weighted by Gasteiger charge is 2.36. The maximum atomic E-state index is 14.0. The summed E-state index contributed by atoms with van der Waals surface area (Å²) < 4.78 is 0. The van der Waals surface area contributed by atoms with Crippen molar-refractivity contribution in [1.82, 2.24) is 47.4 Å². The van der Waals surface area contributed by atoms with E-state index in [1.807, 2.05) is 5.32 Å². The number of rotatable bonds is 24. The van der Waals surface area contributed by atoms with Crippen LogP contribution in [-0.4, -0.2) is 165 Å². The lowest BCUT2D eigenvalue weighted by atomic mass is 9.96. The fourth-order valence-corrected chi connectivity index (χ4v) is 6.28. The largest absolute Gasteiger partial charge is 0.508 e. The Labute approximate surface area is 369 Å². The van der Waals surface area contributed by atoms with Crippen LogP contribution in [-0.2, 0) is 54.4 Å². The molecule has 0 aliphatic carbocycles. The zero-order valence-corrected chi connectivity index (χ0v) is 36.6. The van der Waals surface area contributed by atoms with Crippen molar-refractivity contribution >= 4 is 59.1 Å². The van der Waals surface area contributed by atoms with Gasteiger partial charge >= 0.3 is 5.97 Å². The van der Waals surface area contributed by atoms with Crippen molar-refractivity contribution in [3.05, 3.63) is 29.8 Å². The number of carbonyl (C=O) groups is 10. The number of nitrogens with zero attached hydrogens (tertiary/aromatic N) is 1. The van der Waals surface area contributed by atoms with Crippen LogP contribution in [0.3, 0.4) is 0 Å². The Balaban J connectivity index is 2.17. The number of hydrogen-bond donors (Lipinski definition) is 13. The van der Waals surface area contributed by atoms with Gasteiger partial charge in [-0.3, -0.25) is 43.2 Å². The smallest absolute Gasteiger partial charge is 0.328 e. The summed E-state index contributed by atoms with van der Waals surface area (Å²) in [4.78, 5) is 130. The Morgan fingerprint density at radius 1 is 0.641 bits per heavy atom. The van der Waals surface area contributed by atoms with Crippen molar-refractivity contribution in [2.24, 2.45) is 11.7 Å². The van der Waals surface area contributed by atoms with Crippen LogP contribution in [0.5, 0.6) is 5.75 Å². The Hall–Kier alpha value is -6.40. The van der Waals surface area contributed by atoms with E-state index in [0.717, 1.165) is 0 Å². The number of aromatic hydroxyl groups is 1. The Bertz CT molecular complexity index is 1850. The number of carbonyl (C=O) groups excluding carboxylic acids is 9. The van der Waals surface area contributed by atoms with Crippen LogP contribution < -0.4 is 48.3 Å². The minimum absolute atomic E-state index is 0.0733. The number of likely N-dealkylation sites (tertiary alicyclic amines) is 1. The topological polar surface area (TPSA) is 377 Å². The molecule has 1 aromatic rings. The molecule has 0 radical (unpaired) electrons. The quantitative estimate of drug-likeness (QED) is 0.0462. The normalized spacial score (nSPS) is 17.6. The number of nitrogens with two attached hydrogens (primary N) is 1. The van der Waals surface area contributed by atoms with Gasteiger partial charge in [0.1, 0.15) is 60.1 Å². The number of phenolic OH excluding ortho intramolecular Hbond substituents is 1. The lowest BCUT2D eigenvalue weighted by Gasteiger charge is -2.29. The second-order valence-electron chi connectivity index (χ2n) is 15.5. The molecule has 9 amide bonds. The first-order valence-corrected chi connectivity index (χ1v) is 20.7. The van der Waals surface area contributed by atoms with Crippen LogP contribution in [0, 0.1) is 5.92 Å². The van der Waals surface area contributed by atoms with Crippen LogP contribution in [0.25, 0.3) is 0 Å². The molecule has 2 rings (SSSR count). The summed E-state index contributed by atoms with van der Waals surface area (Å²) in [6.07, 6.45) is 1.11. The first kappa shape index (κ1) is 53.7. The number of aliphatic carboxylic acids is 1. The summed E-state index contributed by atoms with van der Waals surface area (Å²) in [6, 6.07) is -6.17. The predicted molar refractivity (Wildman–Crippen MR) is 225 cm³/mol. The first-order valence-electron chi connectivity index (χ1n) is 20.7. The van der Waals surface area contributed by atoms with Gasteiger partial charge in [0.2, 0.25) is 53.2 Å². The Morgan fingerprint density at radius 2 is 1.09 bits per heavy atom. The van der Waals surface area contributed by atoms with Gasteiger partial charge in [-0.05, 0) is 64.2 Å². The molecule has 10 atom stereocenters. The molecule has 64 heavy (non-hydrogen) atoms. The van der Waals surface area contributed by atoms with Crippen LogP contribution in [0.15, 0.2) is 24.3 Å². The van der Waals surface area contributed by atoms with Crippen molar-refractivity contribution in [3.8, 4) is 5.75 Å². The van der Waals surface area contributed by atoms with E-state index in [2.05, 4.69) is 37.2 Å². The van der Waals surface area contributed by atoms with Gasteiger partial charge in [-0.2, -0.15) is 0 Å². The molecule has 0 spiro atoms. The fourth-order valence-electron chi connectivity index (χ4n) is 6.28. The number of amides is 9. The third-order valence-corrected chi connectivity index (χ3v) is 10.5. The van der Waals surface area contributed by atoms with Gasteiger partial charge in [0.05, 0.1) is 19.8 Å². The van der Waals surface area contributed by atoms with E-state index >= 15 is 0 Å². The summed E-state index contributed by atoms with van der Waals surface area (Å²) in [5.41, 5.74) is 5.94. The highest BCUT2D eigenvalue weighted by molar-refractivity contribution is 5.98. The molecular formula is C40H62N10O14. The molecule has 24 nitrogen and oxygen atoms in total. The molecule has 24 heteroatoms. The van der Waals surface area contributed by atoms with E-state index < -0.39 is 133 Å². The van der Waals surface area contributed by atoms with Crippen molar-refractivity contribution in [2.45, 2.75) is 122 Å². The van der Waals surface area contributed by atoms with Crippen LogP contribution in [0.4, 0.5) is 0 Å². The van der Waals surface area contributed by atoms with Crippen LogP contribution in [0.2, 0.25) is 0 Å². The number of hydrogen-bond acceptors (Lipinski definition) is 14. The SMILES string of the molecule is CC[C@H](C)[C@H](NC(=O)[C@H](Cc1ccc(O)cc1)NC(=O)[C@H](C)NC(=O)[C@H](C)NC(=O)[C@@H]1CCCN1C(=O)CN)C(=O)N[C@@H](CO)C(=O)N[C@@H](C)C(=O)N[C@H](C)C(=O)N[C@@H](CO)C(=O)O. The van der Waals surface area contributed by atoms with Crippen LogP contribution >= 0.6 is 0 Å². The monoisotopic (exact) mass is 906 g/mol. The third-order valence-electron chi connectivity index (χ3n) is 10.5. The molecule has 356 valence electrons. The summed E-state index contributed by atoms with van der Waals surface area (Å²) in [5.74, 6) is -9.39. The maximum absolute atomic E-state index is 14.0. The molecule has 0 saturated carbocycles. The molecule has 1 fully saturated rings. The van der Waals surface area contributed by atoms with Gasteiger partial charge < -0.3 is 73.6 Å². The summed E-state index contributed by atoms with van der Waals surface area (Å²) in [6.45, 7) is 6.71. The summed E-state index contributed by atoms with van der Waals surface area (Å²) >= 11 is 0. The van der Waals surface area contributed by atoms with Crippen molar-refractivity contribution in [1.29, 1.82) is 0 Å². The van der Waals surface area contributed by atoms with Gasteiger partial charge in [-0.1, -0.05) is 32.4 Å². The molecule has 0 bridgehead atoms. The van der Waals surface area contributed by atoms with E-state index in [0.29, 0.717) is 31.4 Å². The number of aliphatic hydroxyl groups excluding tert-OH is 2. The minimum Gasteiger partial charge on any atom is -0.508 e. The summed E-state index contributed by atoms with van der Waals surface area (Å²) in [5, 5.41) is 57.2. The van der Waals surface area contributed by atoms with Gasteiger partial charge in [-0.25, -0.2) is 4.79 Å². The molecule has 1 heterocycles. The molecule has 1 saturated heterocycles. The van der Waals surface area contributed by atoms with E-state index in [4.69, 9.17) is 15.9 Å². The highest BCUT2D eigenvalue weighted by atomic mass is 16.4. The minimum atomic E-state index is -1.65. The molecule has 1 aliphatic rings. The van der Waals surface area contributed by atoms with Gasteiger partial charge in [0.25, 0.3) is 0 Å². The van der Waals surface area contributed by atoms with E-state index in [-0.39, 0.29) is 18.7 Å². The molecule has 0 aromatic heterocycles. The molecule has 14 N–H and O–H groups in total. The second kappa shape index (κ2) is 25.6. The van der Waals surface area contributed by atoms with Gasteiger partial charge in [0.15, 0.2) is 0 Å². The third kappa shape index (κ3) is 16.1. The zero-order chi connectivity index (χ0) is 48.4. The average Bonchev–Trinajstić information content (AvgIpc) is 3.76. The Kier molecular flexibility index (Phi) is 21.5. The summed E-state index contributed by atoms with van der Waals surface area (Å²) in [7, 11) is 0. The lowest BCUT2D eigenvalue weighted by Crippen LogP contribution is -2.61. The molecular weight excluding hydrogens is 844 g/mol. The lowest BCUT2D eigenvalue weighted by molar-refractivity contribution is -0.143. The second-order valence-corrected chi connectivity index (χ2v) is 15.5. The standard InChI is InChI=1S/C40H62N10O14/c1-7-19(2)31(39(62)47-27(17-51)37(60)44-20(3)32(55)43-23(6)35(58)48-28(18-52)40(63)64)49-36(59)26(15-24-10-12-25(53)13-11-24)46-34(57)22(5)42-33(56)21(4)45-38(61)29-9-8-14-50(29)30(54)16-41/h10-13,19-23,26-29,31,51-53H,7-9,14-18,41H2,1-6H3,(H,42,56)(H,43,55)(H,44,60)(H,45,61)(H,46,57)(H,47,62)(H,48,58)(H,49,59)(H,63,64)/t19-,20-,21-,22-,23+,26-,27-,28-,29-,31-/m0/s1. The van der Waals surface area contributed by atoms with E-state index in [1.165, 1.54) is 56.9 Å². The van der Waals surface area contributed by atoms with Gasteiger partial charge in [-0.15, -0.1) is 0 Å². The number of carboxylic acid groups (broad SMARTS) is 1. The number of nitrogens with one attached hydrogen (secondary N) is 8. The van der Waals surface area contributed by atoms with Crippen molar-refractivity contribution < 1.29 is 68.4 Å². The first-order chi connectivity index (χ1) is 30.1. The maximum Gasteiger partial charge on any atom is 0.328 e. The average molecular weight is 907 g/mol. The molecule has 1 aliphatic heterocycles. The van der Waals surface area contributed by atoms with E-state index in [9.17, 15) is 58.2 Å². The number of benzene rings is 1. The van der Waals surface area contributed by atoms with E-state index in [1.54, 1.807) is 13.8 Å². The predicted octanol–water partition coefficient (Wildman–Crippen LogP) is -5.04. The number of aliphatic hydroxyl groups is 2. The highest BCUT2D eigenvalue weighted by Crippen LogP contribution is 2.18. The molecule has 1 aromatic carbocycles. The van der Waals surface area contributed by atoms with Crippen molar-refractivity contribution in [3.63, 3.8) is 0 Å². The zero-order valence-electron chi connectivity index (χ0n) is 36.6. The van der Waals surface area contributed by atoms with Gasteiger partial charge in [0, 0.05) is 13.0 Å². The molecule has 0 unspecified atom stereocenters. The van der Waals surface area contributed by atoms with Crippen molar-refractivity contribution in [2.75, 3.05) is 26.3 Å². The van der Waals surface area contributed by atoms with Crippen LogP contribution in [0.1, 0.15) is 66.4 Å². The Morgan fingerprint density at radius 3 is 1.58 bits per heavy atom. The number of phenols is 1. The number of carboxylic acids is 1. The fraction of sp³-hybridized carbons (Fsp3) is 0.600.